The van der Waals surface area contributed by atoms with Crippen molar-refractivity contribution in [3.05, 3.63) is 12.2 Å². The highest BCUT2D eigenvalue weighted by molar-refractivity contribution is 5.94. The third kappa shape index (κ3) is 4.87. The van der Waals surface area contributed by atoms with E-state index in [4.69, 9.17) is 5.11 Å². The zero-order valence-electron chi connectivity index (χ0n) is 11.4. The zero-order chi connectivity index (χ0) is 14.0. The molecule has 0 atom stereocenters. The maximum absolute atomic E-state index is 11.6. The Balaban J connectivity index is 2.62. The minimum atomic E-state index is -1.11. The average molecular weight is 254 g/mol. The molecule has 0 unspecified atom stereocenters. The van der Waals surface area contributed by atoms with Crippen LogP contribution < -0.4 is 10.6 Å². The summed E-state index contributed by atoms with van der Waals surface area (Å²) in [5.41, 5.74) is -0.0909. The topological polar surface area (TPSA) is 78.4 Å². The fourth-order valence-electron chi connectivity index (χ4n) is 2.82. The van der Waals surface area contributed by atoms with Crippen LogP contribution in [0.4, 0.5) is 0 Å². The van der Waals surface area contributed by atoms with Crippen LogP contribution in [0.15, 0.2) is 12.2 Å². The first-order valence-electron chi connectivity index (χ1n) is 6.10. The summed E-state index contributed by atoms with van der Waals surface area (Å²) in [6.45, 7) is 8.39. The number of piperidine rings is 1. The Morgan fingerprint density at radius 3 is 2.11 bits per heavy atom. The third-order valence-electron chi connectivity index (χ3n) is 2.91. The summed E-state index contributed by atoms with van der Waals surface area (Å²) in [6.07, 6.45) is 3.56. The van der Waals surface area contributed by atoms with Crippen LogP contribution in [0.1, 0.15) is 40.5 Å². The molecular weight excluding hydrogens is 232 g/mol. The van der Waals surface area contributed by atoms with E-state index in [1.54, 1.807) is 0 Å². The van der Waals surface area contributed by atoms with Gasteiger partial charge in [0.2, 0.25) is 5.91 Å². The predicted molar refractivity (Wildman–Crippen MR) is 69.2 cm³/mol. The molecule has 0 aromatic rings. The van der Waals surface area contributed by atoms with Gasteiger partial charge in [-0.1, -0.05) is 0 Å². The van der Waals surface area contributed by atoms with Gasteiger partial charge in [0.1, 0.15) is 0 Å². The summed E-state index contributed by atoms with van der Waals surface area (Å²) in [6, 6.07) is 0.0576. The van der Waals surface area contributed by atoms with E-state index < -0.39 is 5.97 Å². The first-order chi connectivity index (χ1) is 8.10. The monoisotopic (exact) mass is 254 g/mol. The van der Waals surface area contributed by atoms with Crippen LogP contribution in [0.2, 0.25) is 0 Å². The third-order valence-corrected chi connectivity index (χ3v) is 2.91. The number of carbonyl (C=O) groups excluding carboxylic acids is 1. The Morgan fingerprint density at radius 1 is 1.17 bits per heavy atom. The van der Waals surface area contributed by atoms with Gasteiger partial charge in [-0.05, 0) is 40.5 Å². The molecule has 0 saturated carbocycles. The molecule has 1 saturated heterocycles. The fraction of sp³-hybridized carbons (Fsp3) is 0.692. The number of carbonyl (C=O) groups is 2. The molecule has 0 aromatic carbocycles. The molecule has 5 nitrogen and oxygen atoms in total. The van der Waals surface area contributed by atoms with Crippen molar-refractivity contribution in [3.63, 3.8) is 0 Å². The van der Waals surface area contributed by atoms with Crippen molar-refractivity contribution < 1.29 is 14.7 Å². The summed E-state index contributed by atoms with van der Waals surface area (Å²) in [7, 11) is 0. The van der Waals surface area contributed by atoms with Gasteiger partial charge in [0, 0.05) is 29.3 Å². The van der Waals surface area contributed by atoms with Crippen molar-refractivity contribution in [2.75, 3.05) is 0 Å². The quantitative estimate of drug-likeness (QED) is 0.658. The van der Waals surface area contributed by atoms with E-state index >= 15 is 0 Å². The predicted octanol–water partition coefficient (Wildman–Crippen LogP) is 1.05. The molecule has 102 valence electrons. The second kappa shape index (κ2) is 5.10. The molecule has 1 fully saturated rings. The second-order valence-corrected chi connectivity index (χ2v) is 6.18. The largest absolute Gasteiger partial charge is 0.478 e. The zero-order valence-corrected chi connectivity index (χ0v) is 11.4. The summed E-state index contributed by atoms with van der Waals surface area (Å²) >= 11 is 0. The Kier molecular flexibility index (Phi) is 4.16. The lowest BCUT2D eigenvalue weighted by Crippen LogP contribution is -2.62. The van der Waals surface area contributed by atoms with Crippen LogP contribution in [0, 0.1) is 0 Å². The fourth-order valence-corrected chi connectivity index (χ4v) is 2.82. The number of amides is 1. The molecule has 1 heterocycles. The van der Waals surface area contributed by atoms with Gasteiger partial charge in [-0.2, -0.15) is 0 Å². The van der Waals surface area contributed by atoms with Gasteiger partial charge >= 0.3 is 5.97 Å². The molecular formula is C13H22N2O3. The number of nitrogens with one attached hydrogen (secondary N) is 2. The summed E-state index contributed by atoms with van der Waals surface area (Å²) in [4.78, 5) is 21.9. The smallest absolute Gasteiger partial charge is 0.328 e. The standard InChI is InChI=1S/C13H22N2O3/c1-12(2)7-9(8-13(3,4)15-12)14-10(16)5-6-11(17)18/h5-6,9,15H,7-8H2,1-4H3,(H,14,16)(H,17,18). The number of aliphatic carboxylic acids is 1. The molecule has 0 aromatic heterocycles. The molecule has 0 aliphatic carbocycles. The van der Waals surface area contributed by atoms with Gasteiger partial charge in [0.25, 0.3) is 0 Å². The van der Waals surface area contributed by atoms with E-state index in [9.17, 15) is 9.59 Å². The number of hydrogen-bond donors (Lipinski definition) is 3. The van der Waals surface area contributed by atoms with Crippen molar-refractivity contribution >= 4 is 11.9 Å². The number of hydrogen-bond acceptors (Lipinski definition) is 3. The van der Waals surface area contributed by atoms with E-state index in [0.29, 0.717) is 0 Å². The van der Waals surface area contributed by atoms with Gasteiger partial charge in [-0.3, -0.25) is 4.79 Å². The summed E-state index contributed by atoms with van der Waals surface area (Å²) < 4.78 is 0. The van der Waals surface area contributed by atoms with E-state index in [1.165, 1.54) is 0 Å². The first-order valence-corrected chi connectivity index (χ1v) is 6.10. The highest BCUT2D eigenvalue weighted by Crippen LogP contribution is 2.28. The molecule has 1 aliphatic rings. The minimum Gasteiger partial charge on any atom is -0.478 e. The lowest BCUT2D eigenvalue weighted by molar-refractivity contribution is -0.131. The molecule has 0 radical (unpaired) electrons. The lowest BCUT2D eigenvalue weighted by atomic mass is 9.79. The van der Waals surface area contributed by atoms with E-state index in [-0.39, 0.29) is 23.0 Å². The molecule has 1 rings (SSSR count). The number of carboxylic acids is 1. The molecule has 0 bridgehead atoms. The minimum absolute atomic E-state index is 0.0454. The molecule has 1 amide bonds. The molecule has 3 N–H and O–H groups in total. The highest BCUT2D eigenvalue weighted by Gasteiger charge is 2.37. The second-order valence-electron chi connectivity index (χ2n) is 6.18. The van der Waals surface area contributed by atoms with Gasteiger partial charge in [0.05, 0.1) is 0 Å². The SMILES string of the molecule is CC1(C)CC(NC(=O)C=CC(=O)O)CC(C)(C)N1. The van der Waals surface area contributed by atoms with Crippen LogP contribution >= 0.6 is 0 Å². The Bertz CT molecular complexity index is 356. The maximum Gasteiger partial charge on any atom is 0.328 e. The van der Waals surface area contributed by atoms with Crippen LogP contribution in [0.25, 0.3) is 0 Å². The Labute approximate surface area is 108 Å². The lowest BCUT2D eigenvalue weighted by Gasteiger charge is -2.46. The van der Waals surface area contributed by atoms with Crippen molar-refractivity contribution in [1.29, 1.82) is 0 Å². The first kappa shape index (κ1) is 14.7. The summed E-state index contributed by atoms with van der Waals surface area (Å²) in [5, 5.41) is 14.8. The van der Waals surface area contributed by atoms with Gasteiger partial charge in [-0.15, -0.1) is 0 Å². The van der Waals surface area contributed by atoms with Crippen molar-refractivity contribution in [3.8, 4) is 0 Å². The molecule has 1 aliphatic heterocycles. The maximum atomic E-state index is 11.6. The Hall–Kier alpha value is -1.36. The number of carboxylic acid groups (broad SMARTS) is 1. The van der Waals surface area contributed by atoms with Crippen LogP contribution in [-0.4, -0.2) is 34.1 Å². The molecule has 18 heavy (non-hydrogen) atoms. The average Bonchev–Trinajstić information content (AvgIpc) is 2.09. The van der Waals surface area contributed by atoms with E-state index in [1.807, 2.05) is 0 Å². The Morgan fingerprint density at radius 2 is 1.67 bits per heavy atom. The van der Waals surface area contributed by atoms with Gasteiger partial charge < -0.3 is 15.7 Å². The normalized spacial score (nSPS) is 22.9. The molecule has 5 heteroatoms. The van der Waals surface area contributed by atoms with Crippen LogP contribution in [-0.2, 0) is 9.59 Å². The molecule has 0 spiro atoms. The van der Waals surface area contributed by atoms with E-state index in [0.717, 1.165) is 25.0 Å². The van der Waals surface area contributed by atoms with Gasteiger partial charge in [-0.25, -0.2) is 4.79 Å². The van der Waals surface area contributed by atoms with Crippen molar-refractivity contribution in [2.45, 2.75) is 57.7 Å². The van der Waals surface area contributed by atoms with Crippen LogP contribution in [0.3, 0.4) is 0 Å². The van der Waals surface area contributed by atoms with Gasteiger partial charge in [0.15, 0.2) is 0 Å². The summed E-state index contributed by atoms with van der Waals surface area (Å²) in [5.74, 6) is -1.47. The highest BCUT2D eigenvalue weighted by atomic mass is 16.4. The van der Waals surface area contributed by atoms with Crippen molar-refractivity contribution in [1.82, 2.24) is 10.6 Å². The van der Waals surface area contributed by atoms with E-state index in [2.05, 4.69) is 38.3 Å². The number of rotatable bonds is 3. The van der Waals surface area contributed by atoms with Crippen molar-refractivity contribution in [2.24, 2.45) is 0 Å². The van der Waals surface area contributed by atoms with Crippen LogP contribution in [0.5, 0.6) is 0 Å².